The maximum atomic E-state index is 12.8. The summed E-state index contributed by atoms with van der Waals surface area (Å²) in [7, 11) is 0. The Balaban J connectivity index is 1.69. The van der Waals surface area contributed by atoms with Gasteiger partial charge in [0.15, 0.2) is 0 Å². The number of hydrogen-bond donors (Lipinski definition) is 0. The molecular weight excluding hydrogens is 404 g/mol. The molecule has 0 N–H and O–H groups in total. The summed E-state index contributed by atoms with van der Waals surface area (Å²) in [5.41, 5.74) is 3.71. The molecule has 0 amide bonds. The fraction of sp³-hybridized carbons (Fsp3) is 0.0455. The molecule has 0 bridgehead atoms. The number of carbonyl (C=O) groups excluding carboxylic acids is 1. The van der Waals surface area contributed by atoms with Gasteiger partial charge in [-0.15, -0.1) is 0 Å². The van der Waals surface area contributed by atoms with E-state index in [0.717, 1.165) is 26.5 Å². The van der Waals surface area contributed by atoms with Crippen LogP contribution in [0.5, 0.6) is 0 Å². The van der Waals surface area contributed by atoms with Gasteiger partial charge in [-0.1, -0.05) is 46.3 Å². The molecular formula is C22H15BrN2O2. The monoisotopic (exact) mass is 418 g/mol. The molecule has 4 nitrogen and oxygen atoms in total. The van der Waals surface area contributed by atoms with Crippen LogP contribution in [-0.2, 0) is 11.3 Å². The molecule has 0 unspecified atom stereocenters. The van der Waals surface area contributed by atoms with Crippen LogP contribution in [0.15, 0.2) is 83.6 Å². The van der Waals surface area contributed by atoms with Crippen molar-refractivity contribution in [3.05, 3.63) is 94.7 Å². The zero-order chi connectivity index (χ0) is 18.6. The largest absolute Gasteiger partial charge is 0.457 e. The second-order valence-corrected chi connectivity index (χ2v) is 6.93. The van der Waals surface area contributed by atoms with Crippen molar-refractivity contribution in [1.82, 2.24) is 9.97 Å². The molecule has 5 heteroatoms. The lowest BCUT2D eigenvalue weighted by molar-refractivity contribution is 0.0475. The van der Waals surface area contributed by atoms with Crippen molar-refractivity contribution in [1.29, 1.82) is 0 Å². The minimum Gasteiger partial charge on any atom is -0.457 e. The van der Waals surface area contributed by atoms with E-state index in [0.29, 0.717) is 11.3 Å². The molecule has 2 aromatic heterocycles. The lowest BCUT2D eigenvalue weighted by atomic mass is 10.1. The number of hydrogen-bond acceptors (Lipinski definition) is 4. The zero-order valence-corrected chi connectivity index (χ0v) is 15.9. The third-order valence-corrected chi connectivity index (χ3v) is 4.71. The van der Waals surface area contributed by atoms with E-state index in [1.165, 1.54) is 0 Å². The molecule has 132 valence electrons. The van der Waals surface area contributed by atoms with Crippen LogP contribution in [0, 0.1) is 0 Å². The van der Waals surface area contributed by atoms with Gasteiger partial charge in [0.25, 0.3) is 0 Å². The first-order valence-corrected chi connectivity index (χ1v) is 9.22. The van der Waals surface area contributed by atoms with Crippen LogP contribution < -0.4 is 0 Å². The first-order chi connectivity index (χ1) is 13.2. The molecule has 0 aliphatic rings. The molecule has 0 atom stereocenters. The molecule has 0 aliphatic carbocycles. The predicted octanol–water partition coefficient (Wildman–Crippen LogP) is 5.42. The molecule has 0 spiro atoms. The second kappa shape index (κ2) is 7.68. The topological polar surface area (TPSA) is 52.1 Å². The van der Waals surface area contributed by atoms with Crippen molar-refractivity contribution in [3.8, 4) is 11.3 Å². The maximum absolute atomic E-state index is 12.8. The van der Waals surface area contributed by atoms with Gasteiger partial charge in [0.05, 0.1) is 16.8 Å². The third-order valence-electron chi connectivity index (χ3n) is 4.18. The second-order valence-electron chi connectivity index (χ2n) is 6.02. The number of nitrogens with zero attached hydrogens (tertiary/aromatic N) is 2. The van der Waals surface area contributed by atoms with E-state index in [-0.39, 0.29) is 12.6 Å². The van der Waals surface area contributed by atoms with E-state index < -0.39 is 0 Å². The van der Waals surface area contributed by atoms with Crippen LogP contribution in [0.4, 0.5) is 0 Å². The van der Waals surface area contributed by atoms with E-state index in [2.05, 4.69) is 25.9 Å². The lowest BCUT2D eigenvalue weighted by Gasteiger charge is -2.10. The smallest absolute Gasteiger partial charge is 0.339 e. The molecule has 0 fully saturated rings. The number of halogens is 1. The highest BCUT2D eigenvalue weighted by Crippen LogP contribution is 2.25. The standard InChI is InChI=1S/C22H15BrN2O2/c23-17-9-7-15(8-10-17)14-27-22(26)19-12-21(16-4-3-11-24-13-16)25-20-6-2-1-5-18(19)20/h1-13H,14H2. The zero-order valence-electron chi connectivity index (χ0n) is 14.3. The highest BCUT2D eigenvalue weighted by Gasteiger charge is 2.15. The number of aromatic nitrogens is 2. The molecule has 0 saturated heterocycles. The van der Waals surface area contributed by atoms with Crippen molar-refractivity contribution >= 4 is 32.8 Å². The first-order valence-electron chi connectivity index (χ1n) is 8.42. The molecule has 0 saturated carbocycles. The normalized spacial score (nSPS) is 10.7. The van der Waals surface area contributed by atoms with Gasteiger partial charge in [0.1, 0.15) is 6.61 Å². The minimum absolute atomic E-state index is 0.213. The first kappa shape index (κ1) is 17.4. The number of esters is 1. The van der Waals surface area contributed by atoms with Crippen LogP contribution in [0.3, 0.4) is 0 Å². The summed E-state index contributed by atoms with van der Waals surface area (Å²) in [5, 5.41) is 0.769. The van der Waals surface area contributed by atoms with Gasteiger partial charge in [-0.05, 0) is 42.0 Å². The fourth-order valence-corrected chi connectivity index (χ4v) is 3.08. The Labute approximate surface area is 165 Å². The minimum atomic E-state index is -0.373. The van der Waals surface area contributed by atoms with Crippen LogP contribution in [-0.4, -0.2) is 15.9 Å². The van der Waals surface area contributed by atoms with E-state index in [1.807, 2.05) is 60.7 Å². The van der Waals surface area contributed by atoms with Gasteiger partial charge < -0.3 is 4.74 Å². The molecule has 2 heterocycles. The molecule has 2 aromatic carbocycles. The van der Waals surface area contributed by atoms with Crippen LogP contribution in [0.25, 0.3) is 22.2 Å². The Bertz CT molecular complexity index is 1100. The Hall–Kier alpha value is -3.05. The van der Waals surface area contributed by atoms with Gasteiger partial charge >= 0.3 is 5.97 Å². The summed E-state index contributed by atoms with van der Waals surface area (Å²) >= 11 is 3.40. The summed E-state index contributed by atoms with van der Waals surface area (Å²) in [4.78, 5) is 21.6. The average molecular weight is 419 g/mol. The quantitative estimate of drug-likeness (QED) is 0.415. The van der Waals surface area contributed by atoms with E-state index in [4.69, 9.17) is 4.74 Å². The van der Waals surface area contributed by atoms with E-state index >= 15 is 0 Å². The molecule has 4 aromatic rings. The predicted molar refractivity (Wildman–Crippen MR) is 108 cm³/mol. The number of rotatable bonds is 4. The number of para-hydroxylation sites is 1. The van der Waals surface area contributed by atoms with Crippen LogP contribution >= 0.6 is 15.9 Å². The SMILES string of the molecule is O=C(OCc1ccc(Br)cc1)c1cc(-c2cccnc2)nc2ccccc12. The maximum Gasteiger partial charge on any atom is 0.339 e. The van der Waals surface area contributed by atoms with Gasteiger partial charge in [0.2, 0.25) is 0 Å². The van der Waals surface area contributed by atoms with E-state index in [1.54, 1.807) is 18.5 Å². The highest BCUT2D eigenvalue weighted by atomic mass is 79.9. The average Bonchev–Trinajstić information content (AvgIpc) is 2.73. The van der Waals surface area contributed by atoms with Crippen molar-refractivity contribution < 1.29 is 9.53 Å². The summed E-state index contributed by atoms with van der Waals surface area (Å²) in [6, 6.07) is 20.8. The van der Waals surface area contributed by atoms with Crippen LogP contribution in [0.1, 0.15) is 15.9 Å². The molecule has 4 rings (SSSR count). The summed E-state index contributed by atoms with van der Waals surface area (Å²) < 4.78 is 6.54. The number of fused-ring (bicyclic) bond motifs is 1. The molecule has 27 heavy (non-hydrogen) atoms. The Morgan fingerprint density at radius 3 is 2.59 bits per heavy atom. The Morgan fingerprint density at radius 2 is 1.81 bits per heavy atom. The lowest BCUT2D eigenvalue weighted by Crippen LogP contribution is -2.07. The van der Waals surface area contributed by atoms with Gasteiger partial charge in [-0.2, -0.15) is 0 Å². The number of benzene rings is 2. The summed E-state index contributed by atoms with van der Waals surface area (Å²) in [5.74, 6) is -0.373. The van der Waals surface area contributed by atoms with Crippen molar-refractivity contribution in [2.45, 2.75) is 6.61 Å². The number of carbonyl (C=O) groups is 1. The van der Waals surface area contributed by atoms with Gasteiger partial charge in [-0.3, -0.25) is 4.98 Å². The van der Waals surface area contributed by atoms with Crippen molar-refractivity contribution in [2.24, 2.45) is 0 Å². The number of ether oxygens (including phenoxy) is 1. The highest BCUT2D eigenvalue weighted by molar-refractivity contribution is 9.10. The molecule has 0 aliphatic heterocycles. The van der Waals surface area contributed by atoms with Gasteiger partial charge in [0, 0.05) is 27.8 Å². The van der Waals surface area contributed by atoms with Crippen LogP contribution in [0.2, 0.25) is 0 Å². The van der Waals surface area contributed by atoms with Crippen molar-refractivity contribution in [3.63, 3.8) is 0 Å². The van der Waals surface area contributed by atoms with Crippen molar-refractivity contribution in [2.75, 3.05) is 0 Å². The summed E-state index contributed by atoms with van der Waals surface area (Å²) in [6.45, 7) is 0.213. The third kappa shape index (κ3) is 3.88. The number of pyridine rings is 2. The Morgan fingerprint density at radius 1 is 1.00 bits per heavy atom. The fourth-order valence-electron chi connectivity index (χ4n) is 2.81. The Kier molecular flexibility index (Phi) is 4.94. The summed E-state index contributed by atoms with van der Waals surface area (Å²) in [6.07, 6.45) is 3.44. The molecule has 0 radical (unpaired) electrons. The van der Waals surface area contributed by atoms with E-state index in [9.17, 15) is 4.79 Å². The van der Waals surface area contributed by atoms with Gasteiger partial charge in [-0.25, -0.2) is 9.78 Å².